The first-order valence-corrected chi connectivity index (χ1v) is 13.4. The van der Waals surface area contributed by atoms with Gasteiger partial charge in [0.25, 0.3) is 0 Å². The first-order chi connectivity index (χ1) is 19.4. The first-order valence-electron chi connectivity index (χ1n) is 13.4. The van der Waals surface area contributed by atoms with E-state index < -0.39 is 0 Å². The SMILES string of the molecule is c1ccc2c(c1)-c1ccc(-c3ccc(-n4c5ccccc5c5ncccc54)cc3)c3c1c-2cc1ccccc13. The van der Waals surface area contributed by atoms with E-state index in [1.54, 1.807) is 0 Å². The lowest BCUT2D eigenvalue weighted by Crippen LogP contribution is -1.94. The molecule has 0 bridgehead atoms. The predicted molar refractivity (Wildman–Crippen MR) is 163 cm³/mol. The molecule has 6 aromatic carbocycles. The Balaban J connectivity index is 1.29. The number of aromatic nitrogens is 2. The third-order valence-corrected chi connectivity index (χ3v) is 8.38. The normalized spacial score (nSPS) is 12.1. The quantitative estimate of drug-likeness (QED) is 0.219. The summed E-state index contributed by atoms with van der Waals surface area (Å²) < 4.78 is 2.32. The summed E-state index contributed by atoms with van der Waals surface area (Å²) in [4.78, 5) is 4.70. The Kier molecular flexibility index (Phi) is 4.08. The summed E-state index contributed by atoms with van der Waals surface area (Å²) in [6, 6.07) is 46.3. The largest absolute Gasteiger partial charge is 0.308 e. The van der Waals surface area contributed by atoms with Crippen molar-refractivity contribution in [2.24, 2.45) is 0 Å². The summed E-state index contributed by atoms with van der Waals surface area (Å²) in [6.45, 7) is 0. The monoisotopic (exact) mass is 494 g/mol. The second-order valence-corrected chi connectivity index (χ2v) is 10.4. The molecule has 1 aliphatic rings. The van der Waals surface area contributed by atoms with Crippen molar-refractivity contribution in [3.8, 4) is 39.1 Å². The van der Waals surface area contributed by atoms with Crippen LogP contribution in [0.5, 0.6) is 0 Å². The molecule has 1 aliphatic carbocycles. The molecule has 2 heteroatoms. The maximum absolute atomic E-state index is 4.70. The van der Waals surface area contributed by atoms with E-state index in [-0.39, 0.29) is 0 Å². The van der Waals surface area contributed by atoms with Gasteiger partial charge in [-0.05, 0) is 91.3 Å². The highest BCUT2D eigenvalue weighted by Crippen LogP contribution is 2.51. The van der Waals surface area contributed by atoms with Crippen LogP contribution < -0.4 is 0 Å². The minimum Gasteiger partial charge on any atom is -0.308 e. The zero-order valence-corrected chi connectivity index (χ0v) is 21.1. The lowest BCUT2D eigenvalue weighted by atomic mass is 9.90. The third-order valence-electron chi connectivity index (χ3n) is 8.38. The first kappa shape index (κ1) is 20.8. The highest BCUT2D eigenvalue weighted by atomic mass is 15.0. The lowest BCUT2D eigenvalue weighted by Gasteiger charge is -2.14. The molecule has 0 N–H and O–H groups in total. The van der Waals surface area contributed by atoms with Gasteiger partial charge in [0.2, 0.25) is 0 Å². The molecule has 0 radical (unpaired) electrons. The van der Waals surface area contributed by atoms with E-state index in [0.29, 0.717) is 0 Å². The van der Waals surface area contributed by atoms with Gasteiger partial charge in [-0.15, -0.1) is 0 Å². The van der Waals surface area contributed by atoms with E-state index in [1.807, 2.05) is 12.3 Å². The molecule has 2 aromatic heterocycles. The molecule has 180 valence electrons. The van der Waals surface area contributed by atoms with E-state index in [4.69, 9.17) is 4.98 Å². The number of benzene rings is 6. The van der Waals surface area contributed by atoms with Gasteiger partial charge in [-0.2, -0.15) is 0 Å². The fourth-order valence-electron chi connectivity index (χ4n) is 6.72. The van der Waals surface area contributed by atoms with Crippen molar-refractivity contribution in [2.75, 3.05) is 0 Å². The van der Waals surface area contributed by atoms with Gasteiger partial charge in [0.15, 0.2) is 0 Å². The maximum atomic E-state index is 4.70. The summed E-state index contributed by atoms with van der Waals surface area (Å²) in [5.41, 5.74) is 12.3. The topological polar surface area (TPSA) is 17.8 Å². The zero-order valence-electron chi connectivity index (χ0n) is 21.1. The summed E-state index contributed by atoms with van der Waals surface area (Å²) in [6.07, 6.45) is 1.88. The molecule has 0 amide bonds. The Morgan fingerprint density at radius 2 is 1.15 bits per heavy atom. The van der Waals surface area contributed by atoms with Gasteiger partial charge in [-0.25, -0.2) is 0 Å². The minimum absolute atomic E-state index is 1.04. The molecule has 0 spiro atoms. The van der Waals surface area contributed by atoms with Crippen molar-refractivity contribution < 1.29 is 0 Å². The molecule has 0 atom stereocenters. The number of para-hydroxylation sites is 1. The minimum atomic E-state index is 1.04. The van der Waals surface area contributed by atoms with Gasteiger partial charge in [0.1, 0.15) is 0 Å². The molecular weight excluding hydrogens is 472 g/mol. The number of fused-ring (bicyclic) bond motifs is 8. The van der Waals surface area contributed by atoms with E-state index in [1.165, 1.54) is 65.8 Å². The maximum Gasteiger partial charge on any atom is 0.0963 e. The van der Waals surface area contributed by atoms with Gasteiger partial charge in [0, 0.05) is 17.3 Å². The van der Waals surface area contributed by atoms with Crippen LogP contribution in [0.15, 0.2) is 134 Å². The fourth-order valence-corrected chi connectivity index (χ4v) is 6.72. The summed E-state index contributed by atoms with van der Waals surface area (Å²) >= 11 is 0. The van der Waals surface area contributed by atoms with Crippen LogP contribution in [-0.4, -0.2) is 9.55 Å². The van der Waals surface area contributed by atoms with E-state index in [0.717, 1.165) is 16.7 Å². The summed E-state index contributed by atoms with van der Waals surface area (Å²) in [5.74, 6) is 0. The standard InChI is InChI=1S/C37H22N2/c1-2-9-26-24(8-1)22-32-29-11-4-3-10-28(29)30-20-19-27(35(26)36(30)32)23-15-17-25(18-16-23)39-33-13-6-5-12-31(33)37-34(39)14-7-21-38-37/h1-22H. The molecule has 0 saturated carbocycles. The number of hydrogen-bond donors (Lipinski definition) is 0. The number of rotatable bonds is 2. The van der Waals surface area contributed by atoms with Crippen LogP contribution >= 0.6 is 0 Å². The van der Waals surface area contributed by atoms with E-state index in [2.05, 4.69) is 126 Å². The summed E-state index contributed by atoms with van der Waals surface area (Å²) in [5, 5.41) is 6.47. The average Bonchev–Trinajstić information content (AvgIpc) is 3.51. The van der Waals surface area contributed by atoms with Crippen molar-refractivity contribution in [2.45, 2.75) is 0 Å². The van der Waals surface area contributed by atoms with E-state index >= 15 is 0 Å². The predicted octanol–water partition coefficient (Wildman–Crippen LogP) is 9.80. The Labute approximate surface area is 225 Å². The van der Waals surface area contributed by atoms with Gasteiger partial charge in [-0.3, -0.25) is 4.98 Å². The van der Waals surface area contributed by atoms with Crippen LogP contribution in [0.25, 0.3) is 82.5 Å². The zero-order chi connectivity index (χ0) is 25.5. The van der Waals surface area contributed by atoms with Crippen molar-refractivity contribution in [1.82, 2.24) is 9.55 Å². The lowest BCUT2D eigenvalue weighted by molar-refractivity contribution is 1.18. The van der Waals surface area contributed by atoms with Gasteiger partial charge in [0.05, 0.1) is 16.6 Å². The average molecular weight is 495 g/mol. The molecule has 0 saturated heterocycles. The number of nitrogens with zero attached hydrogens (tertiary/aromatic N) is 2. The van der Waals surface area contributed by atoms with Crippen molar-refractivity contribution in [3.63, 3.8) is 0 Å². The Bertz CT molecular complexity index is 2220. The molecule has 8 aromatic rings. The number of hydrogen-bond acceptors (Lipinski definition) is 1. The number of pyridine rings is 1. The van der Waals surface area contributed by atoms with Gasteiger partial charge in [-0.1, -0.05) is 91.0 Å². The Hall–Kier alpha value is -5.21. The molecule has 0 fully saturated rings. The van der Waals surface area contributed by atoms with Crippen LogP contribution in [0.3, 0.4) is 0 Å². The molecule has 2 heterocycles. The molecule has 2 nitrogen and oxygen atoms in total. The second-order valence-electron chi connectivity index (χ2n) is 10.4. The smallest absolute Gasteiger partial charge is 0.0963 e. The molecule has 39 heavy (non-hydrogen) atoms. The Morgan fingerprint density at radius 1 is 0.462 bits per heavy atom. The van der Waals surface area contributed by atoms with E-state index in [9.17, 15) is 0 Å². The van der Waals surface area contributed by atoms with Crippen LogP contribution in [0.1, 0.15) is 0 Å². The van der Waals surface area contributed by atoms with Crippen LogP contribution in [0.4, 0.5) is 0 Å². The van der Waals surface area contributed by atoms with Crippen molar-refractivity contribution >= 4 is 43.5 Å². The molecule has 9 rings (SSSR count). The van der Waals surface area contributed by atoms with Crippen LogP contribution in [0, 0.1) is 0 Å². The van der Waals surface area contributed by atoms with Crippen LogP contribution in [0.2, 0.25) is 0 Å². The molecular formula is C37H22N2. The fraction of sp³-hybridized carbons (Fsp3) is 0. The van der Waals surface area contributed by atoms with Crippen molar-refractivity contribution in [1.29, 1.82) is 0 Å². The summed E-state index contributed by atoms with van der Waals surface area (Å²) in [7, 11) is 0. The highest BCUT2D eigenvalue weighted by Gasteiger charge is 2.24. The highest BCUT2D eigenvalue weighted by molar-refractivity contribution is 6.27. The molecule has 0 unspecified atom stereocenters. The molecule has 0 aliphatic heterocycles. The van der Waals surface area contributed by atoms with Crippen LogP contribution in [-0.2, 0) is 0 Å². The Morgan fingerprint density at radius 3 is 2.03 bits per heavy atom. The van der Waals surface area contributed by atoms with Crippen molar-refractivity contribution in [3.05, 3.63) is 134 Å². The van der Waals surface area contributed by atoms with Gasteiger partial charge >= 0.3 is 0 Å². The third kappa shape index (κ3) is 2.78. The van der Waals surface area contributed by atoms with Gasteiger partial charge < -0.3 is 4.57 Å². The second kappa shape index (κ2) is 7.66.